The maximum absolute atomic E-state index is 13.5. The van der Waals surface area contributed by atoms with Crippen molar-refractivity contribution in [2.75, 3.05) is 10.8 Å². The molecular formula is C25H28ClF3N2O3S. The zero-order valence-electron chi connectivity index (χ0n) is 19.5. The molecule has 0 aliphatic heterocycles. The number of anilines is 1. The molecule has 3 unspecified atom stereocenters. The fourth-order valence-corrected chi connectivity index (χ4v) is 6.23. The topological polar surface area (TPSA) is 66.5 Å². The summed E-state index contributed by atoms with van der Waals surface area (Å²) in [7, 11) is -4.44. The maximum atomic E-state index is 13.5. The molecular weight excluding hydrogens is 501 g/mol. The van der Waals surface area contributed by atoms with Crippen molar-refractivity contribution in [2.24, 2.45) is 11.8 Å². The summed E-state index contributed by atoms with van der Waals surface area (Å²) in [6.45, 7) is 7.44. The fraction of sp³-hybridized carbons (Fsp3) is 0.400. The summed E-state index contributed by atoms with van der Waals surface area (Å²) in [6.07, 6.45) is -0.481. The molecule has 0 radical (unpaired) electrons. The molecule has 3 rings (SSSR count). The zero-order valence-corrected chi connectivity index (χ0v) is 21.1. The van der Waals surface area contributed by atoms with Gasteiger partial charge in [0.15, 0.2) is 0 Å². The highest BCUT2D eigenvalue weighted by Gasteiger charge is 2.33. The number of rotatable bonds is 7. The summed E-state index contributed by atoms with van der Waals surface area (Å²) in [6, 6.07) is 7.83. The van der Waals surface area contributed by atoms with E-state index in [1.54, 1.807) is 0 Å². The normalized spacial score (nSPS) is 20.8. The lowest BCUT2D eigenvalue weighted by Crippen LogP contribution is -2.43. The quantitative estimate of drug-likeness (QED) is 0.429. The number of amides is 1. The van der Waals surface area contributed by atoms with Crippen LogP contribution in [-0.4, -0.2) is 26.9 Å². The number of benzene rings is 2. The van der Waals surface area contributed by atoms with Crippen LogP contribution in [0.15, 0.2) is 60.0 Å². The van der Waals surface area contributed by atoms with Gasteiger partial charge in [-0.15, -0.1) is 6.58 Å². The molecule has 190 valence electrons. The van der Waals surface area contributed by atoms with E-state index in [0.717, 1.165) is 47.8 Å². The molecule has 35 heavy (non-hydrogen) atoms. The highest BCUT2D eigenvalue weighted by molar-refractivity contribution is 7.93. The Morgan fingerprint density at radius 1 is 1.20 bits per heavy atom. The van der Waals surface area contributed by atoms with E-state index in [4.69, 9.17) is 11.6 Å². The average Bonchev–Trinajstić information content (AvgIpc) is 2.80. The molecule has 1 fully saturated rings. The standard InChI is InChI=1S/C25H28ClF3N2O3S/c1-4-13-31(20-9-6-8-19(15-20)25(27,28)29)35(33,34)23-14-18(11-12-21(23)26)24(32)30-22-10-5-7-16(2)17(22)3/h4,6,8-9,11-12,14-17,22H,1,5,7,10,13H2,2-3H3,(H,30,32). The van der Waals surface area contributed by atoms with E-state index in [-0.39, 0.29) is 39.7 Å². The van der Waals surface area contributed by atoms with Crippen molar-refractivity contribution in [2.45, 2.75) is 50.2 Å². The number of nitrogens with one attached hydrogen (secondary N) is 1. The van der Waals surface area contributed by atoms with Crippen molar-refractivity contribution in [3.8, 4) is 0 Å². The van der Waals surface area contributed by atoms with E-state index >= 15 is 0 Å². The van der Waals surface area contributed by atoms with Gasteiger partial charge in [-0.25, -0.2) is 8.42 Å². The minimum Gasteiger partial charge on any atom is -0.349 e. The predicted octanol–water partition coefficient (Wildman–Crippen LogP) is 6.29. The monoisotopic (exact) mass is 528 g/mol. The molecule has 1 N–H and O–H groups in total. The Labute approximate surface area is 209 Å². The van der Waals surface area contributed by atoms with Crippen molar-refractivity contribution >= 4 is 33.2 Å². The molecule has 0 aromatic heterocycles. The third kappa shape index (κ3) is 6.01. The molecule has 1 saturated carbocycles. The minimum atomic E-state index is -4.65. The third-order valence-corrected chi connectivity index (χ3v) is 8.82. The minimum absolute atomic E-state index is 0.0376. The largest absolute Gasteiger partial charge is 0.416 e. The first-order valence-corrected chi connectivity index (χ1v) is 13.1. The Hall–Kier alpha value is -2.52. The van der Waals surface area contributed by atoms with Gasteiger partial charge in [0, 0.05) is 11.6 Å². The number of hydrogen-bond acceptors (Lipinski definition) is 3. The fourth-order valence-electron chi connectivity index (χ4n) is 4.30. The van der Waals surface area contributed by atoms with E-state index in [2.05, 4.69) is 25.7 Å². The number of hydrogen-bond donors (Lipinski definition) is 1. The molecule has 10 heteroatoms. The molecule has 0 saturated heterocycles. The molecule has 0 spiro atoms. The molecule has 0 bridgehead atoms. The van der Waals surface area contributed by atoms with Crippen LogP contribution >= 0.6 is 11.6 Å². The number of halogens is 4. The van der Waals surface area contributed by atoms with Crippen LogP contribution in [0.4, 0.5) is 18.9 Å². The van der Waals surface area contributed by atoms with E-state index < -0.39 is 27.7 Å². The number of carbonyl (C=O) groups excluding carboxylic acids is 1. The first-order chi connectivity index (χ1) is 16.4. The summed E-state index contributed by atoms with van der Waals surface area (Å²) in [5.41, 5.74) is -1.09. The number of sulfonamides is 1. The van der Waals surface area contributed by atoms with Gasteiger partial charge in [-0.3, -0.25) is 9.10 Å². The van der Waals surface area contributed by atoms with Crippen molar-refractivity contribution in [1.82, 2.24) is 5.32 Å². The van der Waals surface area contributed by atoms with Crippen molar-refractivity contribution in [1.29, 1.82) is 0 Å². The Kier molecular flexibility index (Phi) is 8.21. The predicted molar refractivity (Wildman–Crippen MR) is 131 cm³/mol. The molecule has 3 atom stereocenters. The number of carbonyl (C=O) groups is 1. The van der Waals surface area contributed by atoms with E-state index in [0.29, 0.717) is 5.92 Å². The van der Waals surface area contributed by atoms with Crippen molar-refractivity contribution in [3.63, 3.8) is 0 Å². The second-order valence-corrected chi connectivity index (χ2v) is 11.1. The highest BCUT2D eigenvalue weighted by atomic mass is 35.5. The molecule has 1 aliphatic carbocycles. The lowest BCUT2D eigenvalue weighted by molar-refractivity contribution is -0.137. The SMILES string of the molecule is C=CCN(c1cccc(C(F)(F)F)c1)S(=O)(=O)c1cc(C(=O)NC2CCCC(C)C2C)ccc1Cl. The van der Waals surface area contributed by atoms with Gasteiger partial charge in [-0.2, -0.15) is 13.2 Å². The second-order valence-electron chi connectivity index (χ2n) is 8.87. The molecule has 2 aromatic rings. The number of nitrogens with zero attached hydrogens (tertiary/aromatic N) is 1. The van der Waals surface area contributed by atoms with Crippen LogP contribution in [0.3, 0.4) is 0 Å². The number of alkyl halides is 3. The van der Waals surface area contributed by atoms with Crippen LogP contribution < -0.4 is 9.62 Å². The molecule has 0 heterocycles. The smallest absolute Gasteiger partial charge is 0.349 e. The first kappa shape index (κ1) is 27.1. The van der Waals surface area contributed by atoms with Gasteiger partial charge < -0.3 is 5.32 Å². The van der Waals surface area contributed by atoms with Gasteiger partial charge >= 0.3 is 6.18 Å². The van der Waals surface area contributed by atoms with Crippen LogP contribution in [0.25, 0.3) is 0 Å². The van der Waals surface area contributed by atoms with E-state index in [9.17, 15) is 26.4 Å². The van der Waals surface area contributed by atoms with E-state index in [1.807, 2.05) is 0 Å². The Morgan fingerprint density at radius 2 is 1.91 bits per heavy atom. The van der Waals surface area contributed by atoms with Gasteiger partial charge in [0.2, 0.25) is 0 Å². The van der Waals surface area contributed by atoms with E-state index in [1.165, 1.54) is 24.3 Å². The van der Waals surface area contributed by atoms with Crippen LogP contribution in [0, 0.1) is 11.8 Å². The van der Waals surface area contributed by atoms with Gasteiger partial charge in [0.05, 0.1) is 22.8 Å². The van der Waals surface area contributed by atoms with Crippen LogP contribution in [0.2, 0.25) is 5.02 Å². The Bertz CT molecular complexity index is 1200. The first-order valence-electron chi connectivity index (χ1n) is 11.3. The molecule has 2 aromatic carbocycles. The van der Waals surface area contributed by atoms with Crippen LogP contribution in [0.5, 0.6) is 0 Å². The lowest BCUT2D eigenvalue weighted by Gasteiger charge is -2.34. The zero-order chi connectivity index (χ0) is 26.0. The highest BCUT2D eigenvalue weighted by Crippen LogP contribution is 2.35. The molecule has 1 amide bonds. The summed E-state index contributed by atoms with van der Waals surface area (Å²) >= 11 is 6.21. The van der Waals surface area contributed by atoms with Crippen molar-refractivity contribution in [3.05, 3.63) is 71.3 Å². The third-order valence-electron chi connectivity index (χ3n) is 6.54. The molecule has 5 nitrogen and oxygen atoms in total. The van der Waals surface area contributed by atoms with Gasteiger partial charge in [-0.1, -0.05) is 50.4 Å². The maximum Gasteiger partial charge on any atom is 0.416 e. The Balaban J connectivity index is 1.97. The van der Waals surface area contributed by atoms with Gasteiger partial charge in [0.25, 0.3) is 15.9 Å². The lowest BCUT2D eigenvalue weighted by atomic mass is 9.78. The summed E-state index contributed by atoms with van der Waals surface area (Å²) in [5, 5.41) is 2.84. The summed E-state index contributed by atoms with van der Waals surface area (Å²) < 4.78 is 67.6. The Morgan fingerprint density at radius 3 is 2.57 bits per heavy atom. The van der Waals surface area contributed by atoms with Gasteiger partial charge in [-0.05, 0) is 54.7 Å². The summed E-state index contributed by atoms with van der Waals surface area (Å²) in [4.78, 5) is 12.6. The van der Waals surface area contributed by atoms with Crippen molar-refractivity contribution < 1.29 is 26.4 Å². The van der Waals surface area contributed by atoms with Crippen LogP contribution in [-0.2, 0) is 16.2 Å². The summed E-state index contributed by atoms with van der Waals surface area (Å²) in [5.74, 6) is 0.292. The van der Waals surface area contributed by atoms with Gasteiger partial charge in [0.1, 0.15) is 4.90 Å². The second kappa shape index (κ2) is 10.6. The van der Waals surface area contributed by atoms with Crippen LogP contribution in [0.1, 0.15) is 49.0 Å². The average molecular weight is 529 g/mol. The molecule has 1 aliphatic rings.